The lowest BCUT2D eigenvalue weighted by Crippen LogP contribution is -2.56. The number of carbonyl (C=O) groups is 2. The minimum atomic E-state index is -0.780. The molecule has 0 radical (unpaired) electrons. The number of hydrogen-bond donors (Lipinski definition) is 3. The molecular weight excluding hydrogens is 322 g/mol. The summed E-state index contributed by atoms with van der Waals surface area (Å²) in [5.41, 5.74) is 0.936. The first-order valence-electron chi connectivity index (χ1n) is 9.00. The number of aliphatic carboxylic acids is 1. The number of nitrogens with one attached hydrogen (secondary N) is 2. The van der Waals surface area contributed by atoms with E-state index in [2.05, 4.69) is 20.6 Å². The molecule has 25 heavy (non-hydrogen) atoms. The number of carboxylic acids is 1. The Kier molecular flexibility index (Phi) is 5.27. The average Bonchev–Trinajstić information content (AvgIpc) is 3.25. The molecular formula is C17H27N5O3. The third kappa shape index (κ3) is 4.72. The van der Waals surface area contributed by atoms with Crippen molar-refractivity contribution < 1.29 is 14.7 Å². The molecule has 0 aromatic carbocycles. The van der Waals surface area contributed by atoms with Crippen molar-refractivity contribution in [3.05, 3.63) is 11.8 Å². The second-order valence-electron chi connectivity index (χ2n) is 7.19. The molecule has 0 spiro atoms. The molecule has 2 amide bonds. The van der Waals surface area contributed by atoms with Crippen LogP contribution in [-0.4, -0.2) is 57.0 Å². The standard InChI is InChI=1S/C17H27N5O3/c1-3-12-8-15(21(2)20-12)19-17(25)18-13-6-14(7-13)22(10-16(23)24)9-11-4-5-11/h8,11,13-14H,3-7,9-10H2,1-2H3,(H,23,24)(H2,18,19,25). The smallest absolute Gasteiger partial charge is 0.320 e. The van der Waals surface area contributed by atoms with Crippen molar-refractivity contribution in [3.8, 4) is 0 Å². The van der Waals surface area contributed by atoms with Gasteiger partial charge in [-0.3, -0.25) is 19.7 Å². The summed E-state index contributed by atoms with van der Waals surface area (Å²) in [6.45, 7) is 2.98. The third-order valence-electron chi connectivity index (χ3n) is 5.03. The summed E-state index contributed by atoms with van der Waals surface area (Å²) in [4.78, 5) is 25.2. The number of carboxylic acid groups (broad SMARTS) is 1. The van der Waals surface area contributed by atoms with Crippen LogP contribution in [0.1, 0.15) is 38.3 Å². The topological polar surface area (TPSA) is 99.5 Å². The van der Waals surface area contributed by atoms with Crippen LogP contribution in [0.4, 0.5) is 10.6 Å². The van der Waals surface area contributed by atoms with Gasteiger partial charge in [-0.2, -0.15) is 5.10 Å². The molecule has 2 aliphatic carbocycles. The van der Waals surface area contributed by atoms with Crippen LogP contribution in [0, 0.1) is 5.92 Å². The molecule has 2 saturated carbocycles. The number of nitrogens with zero attached hydrogens (tertiary/aromatic N) is 3. The number of hydrogen-bond acceptors (Lipinski definition) is 4. The minimum Gasteiger partial charge on any atom is -0.480 e. The molecule has 1 aromatic heterocycles. The molecule has 0 aliphatic heterocycles. The van der Waals surface area contributed by atoms with Gasteiger partial charge in [0, 0.05) is 31.7 Å². The van der Waals surface area contributed by atoms with E-state index in [1.165, 1.54) is 12.8 Å². The quantitative estimate of drug-likeness (QED) is 0.659. The van der Waals surface area contributed by atoms with Crippen LogP contribution in [0.25, 0.3) is 0 Å². The SMILES string of the molecule is CCc1cc(NC(=O)NC2CC(N(CC(=O)O)CC3CC3)C2)n(C)n1. The van der Waals surface area contributed by atoms with Crippen molar-refractivity contribution in [2.45, 2.75) is 51.1 Å². The second kappa shape index (κ2) is 7.43. The molecule has 1 heterocycles. The van der Waals surface area contributed by atoms with E-state index in [-0.39, 0.29) is 24.7 Å². The van der Waals surface area contributed by atoms with Gasteiger partial charge in [0.15, 0.2) is 0 Å². The fourth-order valence-corrected chi connectivity index (χ4v) is 3.31. The van der Waals surface area contributed by atoms with E-state index in [9.17, 15) is 9.59 Å². The molecule has 3 N–H and O–H groups in total. The Balaban J connectivity index is 1.44. The van der Waals surface area contributed by atoms with Crippen LogP contribution in [0.15, 0.2) is 6.07 Å². The summed E-state index contributed by atoms with van der Waals surface area (Å²) in [6.07, 6.45) is 4.84. The normalized spacial score (nSPS) is 22.5. The highest BCUT2D eigenvalue weighted by atomic mass is 16.4. The number of amides is 2. The van der Waals surface area contributed by atoms with Crippen LogP contribution in [-0.2, 0) is 18.3 Å². The maximum absolute atomic E-state index is 12.1. The molecule has 8 nitrogen and oxygen atoms in total. The zero-order valence-electron chi connectivity index (χ0n) is 14.9. The zero-order chi connectivity index (χ0) is 18.0. The van der Waals surface area contributed by atoms with Crippen molar-refractivity contribution in [3.63, 3.8) is 0 Å². The van der Waals surface area contributed by atoms with Gasteiger partial charge in [0.1, 0.15) is 5.82 Å². The van der Waals surface area contributed by atoms with Crippen LogP contribution in [0.5, 0.6) is 0 Å². The van der Waals surface area contributed by atoms with E-state index < -0.39 is 5.97 Å². The summed E-state index contributed by atoms with van der Waals surface area (Å²) in [7, 11) is 1.80. The summed E-state index contributed by atoms with van der Waals surface area (Å²) in [5, 5.41) is 19.2. The van der Waals surface area contributed by atoms with Crippen molar-refractivity contribution in [2.24, 2.45) is 13.0 Å². The van der Waals surface area contributed by atoms with Crippen molar-refractivity contribution in [2.75, 3.05) is 18.4 Å². The Labute approximate surface area is 147 Å². The molecule has 0 atom stereocenters. The Morgan fingerprint density at radius 1 is 1.40 bits per heavy atom. The molecule has 8 heteroatoms. The zero-order valence-corrected chi connectivity index (χ0v) is 14.9. The van der Waals surface area contributed by atoms with E-state index in [0.29, 0.717) is 11.7 Å². The first-order chi connectivity index (χ1) is 11.9. The fourth-order valence-electron chi connectivity index (χ4n) is 3.31. The van der Waals surface area contributed by atoms with E-state index in [1.807, 2.05) is 13.0 Å². The Morgan fingerprint density at radius 3 is 2.68 bits per heavy atom. The van der Waals surface area contributed by atoms with Gasteiger partial charge >= 0.3 is 12.0 Å². The highest BCUT2D eigenvalue weighted by Crippen LogP contribution is 2.33. The molecule has 2 aliphatic rings. The van der Waals surface area contributed by atoms with Gasteiger partial charge in [-0.05, 0) is 38.0 Å². The van der Waals surface area contributed by atoms with Gasteiger partial charge < -0.3 is 10.4 Å². The Bertz CT molecular complexity index is 634. The molecule has 2 fully saturated rings. The first-order valence-corrected chi connectivity index (χ1v) is 9.00. The number of urea groups is 1. The highest BCUT2D eigenvalue weighted by Gasteiger charge is 2.37. The van der Waals surface area contributed by atoms with Crippen LogP contribution in [0.2, 0.25) is 0 Å². The fraction of sp³-hybridized carbons (Fsp3) is 0.706. The Morgan fingerprint density at radius 2 is 2.12 bits per heavy atom. The van der Waals surface area contributed by atoms with Crippen LogP contribution in [0.3, 0.4) is 0 Å². The lowest BCUT2D eigenvalue weighted by atomic mass is 9.85. The predicted octanol–water partition coefficient (Wildman–Crippen LogP) is 1.43. The van der Waals surface area contributed by atoms with Gasteiger partial charge in [-0.25, -0.2) is 4.79 Å². The van der Waals surface area contributed by atoms with E-state index in [1.54, 1.807) is 11.7 Å². The van der Waals surface area contributed by atoms with Gasteiger partial charge in [0.05, 0.1) is 12.2 Å². The number of aromatic nitrogens is 2. The summed E-state index contributed by atoms with van der Waals surface area (Å²) < 4.78 is 1.66. The van der Waals surface area contributed by atoms with Gasteiger partial charge in [0.25, 0.3) is 0 Å². The Hall–Kier alpha value is -2.09. The molecule has 1 aromatic rings. The molecule has 3 rings (SSSR count). The average molecular weight is 349 g/mol. The number of rotatable bonds is 8. The first kappa shape index (κ1) is 17.7. The summed E-state index contributed by atoms with van der Waals surface area (Å²) in [5.74, 6) is 0.552. The molecule has 0 bridgehead atoms. The van der Waals surface area contributed by atoms with Crippen LogP contribution < -0.4 is 10.6 Å². The van der Waals surface area contributed by atoms with Crippen molar-refractivity contribution >= 4 is 17.8 Å². The van der Waals surface area contributed by atoms with Gasteiger partial charge in [-0.15, -0.1) is 0 Å². The largest absolute Gasteiger partial charge is 0.480 e. The minimum absolute atomic E-state index is 0.0922. The van der Waals surface area contributed by atoms with Crippen LogP contribution >= 0.6 is 0 Å². The number of aryl methyl sites for hydroxylation is 2. The van der Waals surface area contributed by atoms with Crippen molar-refractivity contribution in [1.82, 2.24) is 20.0 Å². The second-order valence-corrected chi connectivity index (χ2v) is 7.19. The monoisotopic (exact) mass is 349 g/mol. The highest BCUT2D eigenvalue weighted by molar-refractivity contribution is 5.88. The molecule has 0 unspecified atom stereocenters. The maximum atomic E-state index is 12.1. The third-order valence-corrected chi connectivity index (χ3v) is 5.03. The van der Waals surface area contributed by atoms with E-state index in [0.717, 1.165) is 31.5 Å². The summed E-state index contributed by atoms with van der Waals surface area (Å²) in [6, 6.07) is 1.98. The van der Waals surface area contributed by atoms with E-state index >= 15 is 0 Å². The van der Waals surface area contributed by atoms with E-state index in [4.69, 9.17) is 5.11 Å². The maximum Gasteiger partial charge on any atom is 0.320 e. The number of anilines is 1. The lowest BCUT2D eigenvalue weighted by molar-refractivity contribution is -0.139. The number of carbonyl (C=O) groups excluding carboxylic acids is 1. The van der Waals surface area contributed by atoms with Gasteiger partial charge in [-0.1, -0.05) is 6.92 Å². The lowest BCUT2D eigenvalue weighted by Gasteiger charge is -2.42. The predicted molar refractivity (Wildman–Crippen MR) is 93.5 cm³/mol. The van der Waals surface area contributed by atoms with Crippen molar-refractivity contribution in [1.29, 1.82) is 0 Å². The summed E-state index contributed by atoms with van der Waals surface area (Å²) >= 11 is 0. The molecule has 138 valence electrons. The molecule has 0 saturated heterocycles. The van der Waals surface area contributed by atoms with Gasteiger partial charge in [0.2, 0.25) is 0 Å².